The summed E-state index contributed by atoms with van der Waals surface area (Å²) in [7, 11) is 0. The second kappa shape index (κ2) is 5.75. The normalized spacial score (nSPS) is 10.3. The fraction of sp³-hybridized carbons (Fsp3) is 0.231. The summed E-state index contributed by atoms with van der Waals surface area (Å²) in [5, 5.41) is 14.4. The van der Waals surface area contributed by atoms with Crippen molar-refractivity contribution >= 4 is 22.9 Å². The fourth-order valence-electron chi connectivity index (χ4n) is 1.60. The summed E-state index contributed by atoms with van der Waals surface area (Å²) >= 11 is 1.54. The minimum absolute atomic E-state index is 0.0905. The van der Waals surface area contributed by atoms with Crippen molar-refractivity contribution in [2.24, 2.45) is 0 Å². The number of carbonyl (C=O) groups is 1. The van der Waals surface area contributed by atoms with Crippen LogP contribution in [0.4, 0.5) is 5.69 Å². The Morgan fingerprint density at radius 3 is 3.06 bits per heavy atom. The standard InChI is InChI=1S/C13H14N2O2S/c1-9(17)14-11-4-2-3-10(7-11)13-15-12(5-6-16)8-18-13/h2-4,7-8,16H,5-6H2,1H3,(H,14,17). The van der Waals surface area contributed by atoms with Gasteiger partial charge >= 0.3 is 0 Å². The molecule has 0 atom stereocenters. The van der Waals surface area contributed by atoms with E-state index in [0.717, 1.165) is 22.0 Å². The van der Waals surface area contributed by atoms with Gasteiger partial charge in [0.25, 0.3) is 0 Å². The molecule has 0 aliphatic rings. The largest absolute Gasteiger partial charge is 0.396 e. The maximum absolute atomic E-state index is 11.0. The number of carbonyl (C=O) groups excluding carboxylic acids is 1. The molecule has 18 heavy (non-hydrogen) atoms. The molecule has 0 radical (unpaired) electrons. The van der Waals surface area contributed by atoms with Gasteiger partial charge in [-0.25, -0.2) is 4.98 Å². The van der Waals surface area contributed by atoms with Crippen molar-refractivity contribution < 1.29 is 9.90 Å². The number of anilines is 1. The Balaban J connectivity index is 2.23. The van der Waals surface area contributed by atoms with E-state index in [0.29, 0.717) is 6.42 Å². The van der Waals surface area contributed by atoms with Crippen LogP contribution in [0, 0.1) is 0 Å². The van der Waals surface area contributed by atoms with Gasteiger partial charge < -0.3 is 10.4 Å². The van der Waals surface area contributed by atoms with E-state index >= 15 is 0 Å². The Morgan fingerprint density at radius 1 is 1.50 bits per heavy atom. The van der Waals surface area contributed by atoms with Crippen LogP contribution in [0.1, 0.15) is 12.6 Å². The van der Waals surface area contributed by atoms with Gasteiger partial charge in [-0.15, -0.1) is 11.3 Å². The molecule has 2 N–H and O–H groups in total. The van der Waals surface area contributed by atoms with Crippen molar-refractivity contribution in [2.45, 2.75) is 13.3 Å². The number of aliphatic hydroxyl groups is 1. The minimum atomic E-state index is -0.0905. The van der Waals surface area contributed by atoms with Crippen LogP contribution in [0.15, 0.2) is 29.6 Å². The van der Waals surface area contributed by atoms with Gasteiger partial charge in [0.15, 0.2) is 0 Å². The first-order chi connectivity index (χ1) is 8.69. The van der Waals surface area contributed by atoms with E-state index in [4.69, 9.17) is 5.11 Å². The van der Waals surface area contributed by atoms with E-state index in [2.05, 4.69) is 10.3 Å². The molecule has 0 fully saturated rings. The number of benzene rings is 1. The Bertz CT molecular complexity index is 551. The number of rotatable bonds is 4. The average Bonchev–Trinajstić information content (AvgIpc) is 2.78. The van der Waals surface area contributed by atoms with Gasteiger partial charge in [0, 0.05) is 36.6 Å². The van der Waals surface area contributed by atoms with Crippen LogP contribution >= 0.6 is 11.3 Å². The zero-order chi connectivity index (χ0) is 13.0. The number of aromatic nitrogens is 1. The second-order valence-corrected chi connectivity index (χ2v) is 4.74. The molecule has 1 amide bonds. The van der Waals surface area contributed by atoms with Crippen LogP contribution in [0.25, 0.3) is 10.6 Å². The van der Waals surface area contributed by atoms with E-state index in [1.54, 1.807) is 0 Å². The maximum Gasteiger partial charge on any atom is 0.221 e. The third-order valence-electron chi connectivity index (χ3n) is 2.35. The molecule has 94 valence electrons. The maximum atomic E-state index is 11.0. The average molecular weight is 262 g/mol. The third kappa shape index (κ3) is 3.15. The Kier molecular flexibility index (Phi) is 4.07. The summed E-state index contributed by atoms with van der Waals surface area (Å²) in [4.78, 5) is 15.4. The molecule has 0 unspecified atom stereocenters. The van der Waals surface area contributed by atoms with Crippen molar-refractivity contribution in [3.8, 4) is 10.6 Å². The van der Waals surface area contributed by atoms with Crippen molar-refractivity contribution in [3.05, 3.63) is 35.3 Å². The molecule has 1 aromatic carbocycles. The van der Waals surface area contributed by atoms with E-state index in [1.165, 1.54) is 18.3 Å². The molecule has 0 aliphatic carbocycles. The van der Waals surface area contributed by atoms with Crippen molar-refractivity contribution in [1.29, 1.82) is 0 Å². The number of aliphatic hydroxyl groups excluding tert-OH is 1. The first kappa shape index (κ1) is 12.7. The molecule has 0 saturated carbocycles. The van der Waals surface area contributed by atoms with Crippen molar-refractivity contribution in [2.75, 3.05) is 11.9 Å². The van der Waals surface area contributed by atoms with Gasteiger partial charge in [0.1, 0.15) is 5.01 Å². The number of amides is 1. The highest BCUT2D eigenvalue weighted by Gasteiger charge is 2.05. The predicted octanol–water partition coefficient (Wildman–Crippen LogP) is 2.30. The number of nitrogens with one attached hydrogen (secondary N) is 1. The van der Waals surface area contributed by atoms with Crippen LogP contribution in [-0.2, 0) is 11.2 Å². The molecule has 2 aromatic rings. The summed E-state index contributed by atoms with van der Waals surface area (Å²) in [6.45, 7) is 1.59. The smallest absolute Gasteiger partial charge is 0.221 e. The zero-order valence-electron chi connectivity index (χ0n) is 10.0. The molecular weight excluding hydrogens is 248 g/mol. The van der Waals surface area contributed by atoms with Gasteiger partial charge in [0.05, 0.1) is 5.69 Å². The highest BCUT2D eigenvalue weighted by molar-refractivity contribution is 7.13. The molecule has 1 aromatic heterocycles. The molecule has 0 saturated heterocycles. The zero-order valence-corrected chi connectivity index (χ0v) is 10.8. The lowest BCUT2D eigenvalue weighted by Crippen LogP contribution is -2.05. The van der Waals surface area contributed by atoms with Gasteiger partial charge in [0.2, 0.25) is 5.91 Å². The lowest BCUT2D eigenvalue weighted by molar-refractivity contribution is -0.114. The number of thiazole rings is 1. The Labute approximate surface area is 109 Å². The van der Waals surface area contributed by atoms with E-state index in [1.807, 2.05) is 29.6 Å². The summed E-state index contributed by atoms with van der Waals surface area (Å²) in [6, 6.07) is 7.57. The highest BCUT2D eigenvalue weighted by Crippen LogP contribution is 2.26. The van der Waals surface area contributed by atoms with Gasteiger partial charge in [-0.1, -0.05) is 12.1 Å². The molecule has 5 heteroatoms. The topological polar surface area (TPSA) is 62.2 Å². The SMILES string of the molecule is CC(=O)Nc1cccc(-c2nc(CCO)cs2)c1. The molecule has 4 nitrogen and oxygen atoms in total. The minimum Gasteiger partial charge on any atom is -0.396 e. The summed E-state index contributed by atoms with van der Waals surface area (Å²) in [6.07, 6.45) is 0.571. The van der Waals surface area contributed by atoms with Crippen LogP contribution in [0.2, 0.25) is 0 Å². The summed E-state index contributed by atoms with van der Waals surface area (Å²) in [5.41, 5.74) is 2.62. The predicted molar refractivity (Wildman–Crippen MR) is 72.6 cm³/mol. The van der Waals surface area contributed by atoms with Gasteiger partial charge in [-0.05, 0) is 12.1 Å². The number of nitrogens with zero attached hydrogens (tertiary/aromatic N) is 1. The van der Waals surface area contributed by atoms with Crippen molar-refractivity contribution in [1.82, 2.24) is 4.98 Å². The Morgan fingerprint density at radius 2 is 2.33 bits per heavy atom. The molecule has 2 rings (SSSR count). The first-order valence-electron chi connectivity index (χ1n) is 5.62. The molecular formula is C13H14N2O2S. The van der Waals surface area contributed by atoms with Gasteiger partial charge in [-0.3, -0.25) is 4.79 Å². The monoisotopic (exact) mass is 262 g/mol. The first-order valence-corrected chi connectivity index (χ1v) is 6.50. The molecule has 0 aliphatic heterocycles. The molecule has 0 spiro atoms. The highest BCUT2D eigenvalue weighted by atomic mass is 32.1. The third-order valence-corrected chi connectivity index (χ3v) is 3.29. The lowest BCUT2D eigenvalue weighted by Gasteiger charge is -2.03. The Hall–Kier alpha value is -1.72. The number of hydrogen-bond donors (Lipinski definition) is 2. The summed E-state index contributed by atoms with van der Waals surface area (Å²) < 4.78 is 0. The summed E-state index contributed by atoms with van der Waals surface area (Å²) in [5.74, 6) is -0.0905. The van der Waals surface area contributed by atoms with Crippen molar-refractivity contribution in [3.63, 3.8) is 0 Å². The van der Waals surface area contributed by atoms with E-state index in [9.17, 15) is 4.79 Å². The molecule has 0 bridgehead atoms. The van der Waals surface area contributed by atoms with E-state index in [-0.39, 0.29) is 12.5 Å². The second-order valence-electron chi connectivity index (χ2n) is 3.88. The molecule has 1 heterocycles. The van der Waals surface area contributed by atoms with Crippen LogP contribution in [0.5, 0.6) is 0 Å². The van der Waals surface area contributed by atoms with Gasteiger partial charge in [-0.2, -0.15) is 0 Å². The van der Waals surface area contributed by atoms with Crippen LogP contribution in [-0.4, -0.2) is 22.6 Å². The lowest BCUT2D eigenvalue weighted by atomic mass is 10.2. The van der Waals surface area contributed by atoms with Crippen LogP contribution in [0.3, 0.4) is 0 Å². The van der Waals surface area contributed by atoms with E-state index < -0.39 is 0 Å². The quantitative estimate of drug-likeness (QED) is 0.888. The van der Waals surface area contributed by atoms with Crippen LogP contribution < -0.4 is 5.32 Å². The fourth-order valence-corrected chi connectivity index (χ4v) is 2.45. The number of hydrogen-bond acceptors (Lipinski definition) is 4.